The van der Waals surface area contributed by atoms with E-state index in [-0.39, 0.29) is 0 Å². The molecular weight excluding hydrogens is 289 g/mol. The number of hydrogen-bond donors (Lipinski definition) is 4. The molecule has 0 saturated carbocycles. The number of nitrogens with two attached hydrogens (primary N) is 3. The Labute approximate surface area is 116 Å². The van der Waals surface area contributed by atoms with Crippen molar-refractivity contribution in [2.75, 3.05) is 0 Å². The zero-order valence-electron chi connectivity index (χ0n) is 11.5. The number of amides is 1. The van der Waals surface area contributed by atoms with E-state index >= 15 is 0 Å². The molecule has 1 amide bonds. The van der Waals surface area contributed by atoms with Gasteiger partial charge in [-0.3, -0.25) is 15.3 Å². The van der Waals surface area contributed by atoms with Crippen molar-refractivity contribution >= 4 is 25.7 Å². The van der Waals surface area contributed by atoms with Crippen LogP contribution in [-0.2, 0) is 23.7 Å². The van der Waals surface area contributed by atoms with Gasteiger partial charge in [0.05, 0.1) is 6.04 Å². The van der Waals surface area contributed by atoms with E-state index in [9.17, 15) is 23.8 Å². The van der Waals surface area contributed by atoms with Crippen LogP contribution >= 0.6 is 8.03 Å². The summed E-state index contributed by atoms with van der Waals surface area (Å²) in [5.41, 5.74) is 14.6. The van der Waals surface area contributed by atoms with Gasteiger partial charge in [0, 0.05) is 6.42 Å². The molecule has 0 saturated heterocycles. The second-order valence-corrected chi connectivity index (χ2v) is 6.43. The molecule has 0 aliphatic heterocycles. The van der Waals surface area contributed by atoms with Crippen LogP contribution in [0.2, 0.25) is 0 Å². The van der Waals surface area contributed by atoms with Gasteiger partial charge in [0.1, 0.15) is 5.60 Å². The van der Waals surface area contributed by atoms with Crippen molar-refractivity contribution in [3.05, 3.63) is 0 Å². The molecule has 7 N–H and O–H groups in total. The third kappa shape index (κ3) is 4.61. The molecule has 114 valence electrons. The van der Waals surface area contributed by atoms with Crippen molar-refractivity contribution in [3.63, 3.8) is 0 Å². The van der Waals surface area contributed by atoms with E-state index in [0.29, 0.717) is 0 Å². The summed E-state index contributed by atoms with van der Waals surface area (Å²) >= 11 is 0. The summed E-state index contributed by atoms with van der Waals surface area (Å²) in [6.45, 7) is 4.47. The Morgan fingerprint density at radius 2 is 1.75 bits per heavy atom. The fourth-order valence-electron chi connectivity index (χ4n) is 1.22. The Bertz CT molecular complexity index is 447. The number of hydrogen-bond acceptors (Lipinski definition) is 7. The summed E-state index contributed by atoms with van der Waals surface area (Å²) in [7, 11) is -3.46. The van der Waals surface area contributed by atoms with E-state index in [4.69, 9.17) is 21.9 Å². The van der Waals surface area contributed by atoms with Gasteiger partial charge in [-0.2, -0.15) is 4.89 Å². The number of ketones is 1. The molecule has 0 aromatic heterocycles. The largest absolute Gasteiger partial charge is 0.548 e. The molecule has 0 radical (unpaired) electrons. The minimum atomic E-state index is -3.46. The number of Topliss-reactive ketones (excluding diaryl/α,β-unsaturated/α-hetero) is 1. The van der Waals surface area contributed by atoms with Crippen LogP contribution in [0.1, 0.15) is 27.2 Å². The first-order valence-electron chi connectivity index (χ1n) is 5.59. The van der Waals surface area contributed by atoms with Gasteiger partial charge >= 0.3 is 19.3 Å². The number of ether oxygens (including phenoxy) is 1. The predicted molar refractivity (Wildman–Crippen MR) is 69.4 cm³/mol. The zero-order chi connectivity index (χ0) is 16.3. The maximum atomic E-state index is 12.0. The molecule has 0 bridgehead atoms. The molecular formula is C10H19N3O6P+. The topological polar surface area (TPSA) is 176 Å². The smallest absolute Gasteiger partial charge is 0.455 e. The quantitative estimate of drug-likeness (QED) is 0.260. The highest BCUT2D eigenvalue weighted by Gasteiger charge is 2.63. The third-order valence-corrected chi connectivity index (χ3v) is 3.15. The van der Waals surface area contributed by atoms with Gasteiger partial charge in [-0.25, -0.2) is 4.79 Å². The van der Waals surface area contributed by atoms with Gasteiger partial charge in [-0.1, -0.05) is 0 Å². The van der Waals surface area contributed by atoms with Crippen LogP contribution in [0.5, 0.6) is 0 Å². The lowest BCUT2D eigenvalue weighted by Crippen LogP contribution is -2.59. The summed E-state index contributed by atoms with van der Waals surface area (Å²) in [5, 5.41) is -2.84. The molecule has 0 aromatic carbocycles. The monoisotopic (exact) mass is 308 g/mol. The Morgan fingerprint density at radius 1 is 1.30 bits per heavy atom. The van der Waals surface area contributed by atoms with Crippen molar-refractivity contribution in [2.24, 2.45) is 17.2 Å². The van der Waals surface area contributed by atoms with Crippen molar-refractivity contribution in [1.82, 2.24) is 0 Å². The van der Waals surface area contributed by atoms with Crippen molar-refractivity contribution in [3.8, 4) is 0 Å². The lowest BCUT2D eigenvalue weighted by atomic mass is 10.0. The Hall–Kier alpha value is -1.41. The van der Waals surface area contributed by atoms with E-state index in [1.165, 1.54) is 20.8 Å². The van der Waals surface area contributed by atoms with E-state index < -0.39 is 49.0 Å². The number of primary amides is 1. The second kappa shape index (κ2) is 6.36. The molecule has 0 spiro atoms. The van der Waals surface area contributed by atoms with Crippen LogP contribution in [0, 0.1) is 0 Å². The molecule has 0 aliphatic rings. The van der Waals surface area contributed by atoms with Crippen LogP contribution in [0.25, 0.3) is 0 Å². The fourth-order valence-corrected chi connectivity index (χ4v) is 1.78. The first kappa shape index (κ1) is 18.6. The molecule has 10 heteroatoms. The highest BCUT2D eigenvalue weighted by molar-refractivity contribution is 7.43. The molecule has 0 aliphatic carbocycles. The summed E-state index contributed by atoms with van der Waals surface area (Å²) < 4.78 is 16.2. The molecule has 3 atom stereocenters. The van der Waals surface area contributed by atoms with Gasteiger partial charge in [0.2, 0.25) is 11.7 Å². The standard InChI is InChI=1S/C10H18N3O6P/c1-9(2,3)19-8(16)10(13,20(17)18)7(15)5(11)4-6(12)14/h5H,4,11,13H2,1-3H3,(H2-,12,14,17,18)/p+1/t5-,10?/m0/s1. The first-order valence-corrected chi connectivity index (χ1v) is 6.80. The number of rotatable bonds is 6. The van der Waals surface area contributed by atoms with Gasteiger partial charge in [0.25, 0.3) is 0 Å². The molecule has 2 unspecified atom stereocenters. The first-order chi connectivity index (χ1) is 8.82. The summed E-state index contributed by atoms with van der Waals surface area (Å²) in [4.78, 5) is 43.7. The van der Waals surface area contributed by atoms with E-state index in [2.05, 4.69) is 0 Å². The molecule has 0 aromatic rings. The molecule has 0 fully saturated rings. The van der Waals surface area contributed by atoms with Gasteiger partial charge in [-0.05, 0) is 25.3 Å². The average Bonchev–Trinajstić information content (AvgIpc) is 2.22. The number of carbonyl (C=O) groups is 3. The van der Waals surface area contributed by atoms with Crippen LogP contribution in [0.3, 0.4) is 0 Å². The normalized spacial score (nSPS) is 16.8. The number of esters is 1. The maximum absolute atomic E-state index is 12.0. The molecule has 9 nitrogen and oxygen atoms in total. The van der Waals surface area contributed by atoms with E-state index in [1.54, 1.807) is 0 Å². The van der Waals surface area contributed by atoms with Gasteiger partial charge in [-0.15, -0.1) is 0 Å². The minimum absolute atomic E-state index is 0.607. The zero-order valence-corrected chi connectivity index (χ0v) is 12.3. The molecule has 0 rings (SSSR count). The van der Waals surface area contributed by atoms with Crippen LogP contribution in [0.15, 0.2) is 0 Å². The summed E-state index contributed by atoms with van der Waals surface area (Å²) in [6, 6.07) is -1.57. The summed E-state index contributed by atoms with van der Waals surface area (Å²) in [5.74, 6) is -3.58. The van der Waals surface area contributed by atoms with Crippen LogP contribution in [-0.4, -0.2) is 39.5 Å². The Kier molecular flexibility index (Phi) is 5.91. The summed E-state index contributed by atoms with van der Waals surface area (Å²) in [6.07, 6.45) is -0.607. The Balaban J connectivity index is 5.40. The van der Waals surface area contributed by atoms with E-state index in [0.717, 1.165) is 0 Å². The number of carbonyl (C=O) groups excluding carboxylic acids is 3. The maximum Gasteiger partial charge on any atom is 0.548 e. The van der Waals surface area contributed by atoms with Gasteiger partial charge in [0.15, 0.2) is 0 Å². The highest BCUT2D eigenvalue weighted by atomic mass is 31.1. The fraction of sp³-hybridized carbons (Fsp3) is 0.700. The predicted octanol–water partition coefficient (Wildman–Crippen LogP) is -1.51. The lowest BCUT2D eigenvalue weighted by Gasteiger charge is -2.24. The van der Waals surface area contributed by atoms with Gasteiger partial charge < -0.3 is 16.2 Å². The minimum Gasteiger partial charge on any atom is -0.455 e. The average molecular weight is 308 g/mol. The Morgan fingerprint density at radius 3 is 2.05 bits per heavy atom. The third-order valence-electron chi connectivity index (χ3n) is 2.15. The SMILES string of the molecule is CC(C)(C)OC(=O)C(N)(C(=O)[C@@H](N)CC(N)=O)[P+](=O)O. The van der Waals surface area contributed by atoms with Crippen molar-refractivity contribution < 1.29 is 28.6 Å². The highest BCUT2D eigenvalue weighted by Crippen LogP contribution is 2.34. The molecule has 0 heterocycles. The van der Waals surface area contributed by atoms with E-state index in [1.807, 2.05) is 0 Å². The van der Waals surface area contributed by atoms with Crippen molar-refractivity contribution in [1.29, 1.82) is 0 Å². The second-order valence-electron chi connectivity index (χ2n) is 5.18. The molecule has 20 heavy (non-hydrogen) atoms. The van der Waals surface area contributed by atoms with Crippen LogP contribution < -0.4 is 17.2 Å². The lowest BCUT2D eigenvalue weighted by molar-refractivity contribution is -0.160. The van der Waals surface area contributed by atoms with Crippen LogP contribution in [0.4, 0.5) is 0 Å². The van der Waals surface area contributed by atoms with Crippen molar-refractivity contribution in [2.45, 2.75) is 44.1 Å².